The van der Waals surface area contributed by atoms with Crippen molar-refractivity contribution in [3.63, 3.8) is 0 Å². The normalized spacial score (nSPS) is 24.1. The number of likely N-dealkylation sites (N-methyl/N-ethyl adjacent to an activating group) is 1. The zero-order valence-electron chi connectivity index (χ0n) is 11.1. The number of nitrogens with zero attached hydrogens (tertiary/aromatic N) is 2. The highest BCUT2D eigenvalue weighted by Gasteiger charge is 2.00. The molecule has 1 aliphatic rings. The van der Waals surface area contributed by atoms with Crippen LogP contribution in [0.15, 0.2) is 12.2 Å². The van der Waals surface area contributed by atoms with Crippen LogP contribution in [0.2, 0.25) is 0 Å². The molecule has 94 valence electrons. The molecule has 0 aliphatic carbocycles. The van der Waals surface area contributed by atoms with Gasteiger partial charge >= 0.3 is 0 Å². The van der Waals surface area contributed by atoms with Crippen molar-refractivity contribution in [2.75, 3.05) is 40.3 Å². The van der Waals surface area contributed by atoms with Gasteiger partial charge in [-0.3, -0.25) is 0 Å². The van der Waals surface area contributed by atoms with Gasteiger partial charge in [-0.15, -0.1) is 0 Å². The molecular formula is C14H28N2. The van der Waals surface area contributed by atoms with Crippen LogP contribution in [0.3, 0.4) is 0 Å². The Morgan fingerprint density at radius 2 is 1.31 bits per heavy atom. The quantitative estimate of drug-likeness (QED) is 0.584. The Balaban J connectivity index is 2.27. The Morgan fingerprint density at radius 3 is 2.06 bits per heavy atom. The van der Waals surface area contributed by atoms with Crippen LogP contribution in [0.25, 0.3) is 0 Å². The lowest BCUT2D eigenvalue weighted by molar-refractivity contribution is 0.313. The van der Waals surface area contributed by atoms with Crippen molar-refractivity contribution in [2.24, 2.45) is 0 Å². The number of allylic oxidation sites excluding steroid dienone is 1. The standard InChI is InChI=1S/C14H28N2/c1-15-11-7-3-5-9-13-16(2)14-10-6-4-8-12-15/h3,7H,4-6,8-14H2,1-2H3. The molecule has 0 spiro atoms. The lowest BCUT2D eigenvalue weighted by Gasteiger charge is -2.17. The molecule has 0 bridgehead atoms. The largest absolute Gasteiger partial charge is 0.306 e. The van der Waals surface area contributed by atoms with E-state index < -0.39 is 0 Å². The van der Waals surface area contributed by atoms with Crippen molar-refractivity contribution in [3.8, 4) is 0 Å². The fraction of sp³-hybridized carbons (Fsp3) is 0.857. The molecule has 0 saturated heterocycles. The maximum absolute atomic E-state index is 2.48. The minimum absolute atomic E-state index is 1.12. The molecule has 0 saturated carbocycles. The summed E-state index contributed by atoms with van der Waals surface area (Å²) in [5.41, 5.74) is 0. The summed E-state index contributed by atoms with van der Waals surface area (Å²) in [6, 6.07) is 0. The summed E-state index contributed by atoms with van der Waals surface area (Å²) in [7, 11) is 4.48. The fourth-order valence-electron chi connectivity index (χ4n) is 2.17. The predicted octanol–water partition coefficient (Wildman–Crippen LogP) is 2.76. The van der Waals surface area contributed by atoms with E-state index in [1.807, 2.05) is 0 Å². The molecule has 1 rings (SSSR count). The number of rotatable bonds is 0. The summed E-state index contributed by atoms with van der Waals surface area (Å²) in [5, 5.41) is 0. The zero-order valence-corrected chi connectivity index (χ0v) is 11.1. The summed E-state index contributed by atoms with van der Waals surface area (Å²) >= 11 is 0. The third-order valence-electron chi connectivity index (χ3n) is 3.32. The van der Waals surface area contributed by atoms with Crippen molar-refractivity contribution < 1.29 is 0 Å². The van der Waals surface area contributed by atoms with Gasteiger partial charge in [0.1, 0.15) is 0 Å². The van der Waals surface area contributed by atoms with E-state index >= 15 is 0 Å². The van der Waals surface area contributed by atoms with Gasteiger partial charge in [-0.25, -0.2) is 0 Å². The molecule has 0 atom stereocenters. The van der Waals surface area contributed by atoms with Gasteiger partial charge in [-0.1, -0.05) is 25.0 Å². The second kappa shape index (κ2) is 8.77. The molecule has 0 aromatic carbocycles. The van der Waals surface area contributed by atoms with Crippen LogP contribution < -0.4 is 0 Å². The van der Waals surface area contributed by atoms with E-state index in [4.69, 9.17) is 0 Å². The minimum Gasteiger partial charge on any atom is -0.306 e. The first-order chi connectivity index (χ1) is 7.79. The van der Waals surface area contributed by atoms with Gasteiger partial charge in [0.05, 0.1) is 0 Å². The van der Waals surface area contributed by atoms with Crippen LogP contribution in [-0.2, 0) is 0 Å². The van der Waals surface area contributed by atoms with E-state index in [9.17, 15) is 0 Å². The van der Waals surface area contributed by atoms with E-state index in [1.54, 1.807) is 0 Å². The molecule has 0 N–H and O–H groups in total. The highest BCUT2D eigenvalue weighted by Crippen LogP contribution is 2.04. The lowest BCUT2D eigenvalue weighted by atomic mass is 10.1. The number of hydrogen-bond donors (Lipinski definition) is 0. The van der Waals surface area contributed by atoms with Gasteiger partial charge in [0.15, 0.2) is 0 Å². The molecule has 16 heavy (non-hydrogen) atoms. The van der Waals surface area contributed by atoms with Crippen molar-refractivity contribution in [1.29, 1.82) is 0 Å². The smallest absolute Gasteiger partial charge is 0.0160 e. The highest BCUT2D eigenvalue weighted by molar-refractivity contribution is 4.84. The highest BCUT2D eigenvalue weighted by atomic mass is 15.1. The summed E-state index contributed by atoms with van der Waals surface area (Å²) < 4.78 is 0. The van der Waals surface area contributed by atoms with Crippen LogP contribution in [0, 0.1) is 0 Å². The first-order valence-electron chi connectivity index (χ1n) is 6.81. The average Bonchev–Trinajstić information content (AvgIpc) is 2.27. The van der Waals surface area contributed by atoms with Gasteiger partial charge in [0.2, 0.25) is 0 Å². The maximum atomic E-state index is 2.48. The fourth-order valence-corrected chi connectivity index (χ4v) is 2.17. The third kappa shape index (κ3) is 7.02. The van der Waals surface area contributed by atoms with Crippen LogP contribution in [0.4, 0.5) is 0 Å². The summed E-state index contributed by atoms with van der Waals surface area (Å²) in [6.45, 7) is 4.90. The van der Waals surface area contributed by atoms with Crippen LogP contribution in [-0.4, -0.2) is 50.1 Å². The zero-order chi connectivity index (χ0) is 11.6. The van der Waals surface area contributed by atoms with Crippen LogP contribution in [0.5, 0.6) is 0 Å². The minimum atomic E-state index is 1.12. The van der Waals surface area contributed by atoms with E-state index in [-0.39, 0.29) is 0 Å². The molecule has 0 fully saturated rings. The van der Waals surface area contributed by atoms with E-state index in [0.29, 0.717) is 0 Å². The van der Waals surface area contributed by atoms with Crippen molar-refractivity contribution >= 4 is 0 Å². The first-order valence-corrected chi connectivity index (χ1v) is 6.81. The van der Waals surface area contributed by atoms with Crippen molar-refractivity contribution in [2.45, 2.75) is 38.5 Å². The van der Waals surface area contributed by atoms with Crippen molar-refractivity contribution in [1.82, 2.24) is 9.80 Å². The topological polar surface area (TPSA) is 6.48 Å². The Kier molecular flexibility index (Phi) is 7.52. The Bertz CT molecular complexity index is 189. The molecule has 1 heterocycles. The molecule has 1 aliphatic heterocycles. The van der Waals surface area contributed by atoms with Gasteiger partial charge in [0, 0.05) is 6.54 Å². The van der Waals surface area contributed by atoms with Gasteiger partial charge in [-0.2, -0.15) is 0 Å². The Morgan fingerprint density at radius 1 is 0.688 bits per heavy atom. The predicted molar refractivity (Wildman–Crippen MR) is 71.8 cm³/mol. The SMILES string of the molecule is CN1CC=CCCCN(C)CCCCCC1. The lowest BCUT2D eigenvalue weighted by Crippen LogP contribution is -2.22. The molecule has 2 nitrogen and oxygen atoms in total. The molecule has 0 aromatic heterocycles. The third-order valence-corrected chi connectivity index (χ3v) is 3.32. The van der Waals surface area contributed by atoms with Gasteiger partial charge in [0.25, 0.3) is 0 Å². The monoisotopic (exact) mass is 224 g/mol. The Labute approximate surface area is 101 Å². The Hall–Kier alpha value is -0.340. The van der Waals surface area contributed by atoms with E-state index in [1.165, 1.54) is 58.2 Å². The van der Waals surface area contributed by atoms with Crippen molar-refractivity contribution in [3.05, 3.63) is 12.2 Å². The van der Waals surface area contributed by atoms with E-state index in [0.717, 1.165) is 6.54 Å². The van der Waals surface area contributed by atoms with Gasteiger partial charge in [-0.05, 0) is 59.4 Å². The molecule has 0 amide bonds. The summed E-state index contributed by atoms with van der Waals surface area (Å²) in [6.07, 6.45) is 12.7. The number of hydrogen-bond acceptors (Lipinski definition) is 2. The maximum Gasteiger partial charge on any atom is 0.0160 e. The second-order valence-corrected chi connectivity index (χ2v) is 5.09. The molecular weight excluding hydrogens is 196 g/mol. The van der Waals surface area contributed by atoms with Crippen LogP contribution >= 0.6 is 0 Å². The molecule has 2 heteroatoms. The van der Waals surface area contributed by atoms with Crippen LogP contribution in [0.1, 0.15) is 38.5 Å². The second-order valence-electron chi connectivity index (χ2n) is 5.09. The molecule has 0 unspecified atom stereocenters. The van der Waals surface area contributed by atoms with E-state index in [2.05, 4.69) is 36.0 Å². The molecule has 0 radical (unpaired) electrons. The average molecular weight is 224 g/mol. The first kappa shape index (κ1) is 13.7. The summed E-state index contributed by atoms with van der Waals surface area (Å²) in [5.74, 6) is 0. The van der Waals surface area contributed by atoms with Gasteiger partial charge < -0.3 is 9.80 Å². The summed E-state index contributed by atoms with van der Waals surface area (Å²) in [4.78, 5) is 4.90. The molecule has 0 aromatic rings.